The molecule has 0 radical (unpaired) electrons. The summed E-state index contributed by atoms with van der Waals surface area (Å²) in [5, 5.41) is 20.2. The molecular weight excluding hydrogens is 612 g/mol. The number of Topliss-reactive ketones (excluding diaryl/α,β-unsaturated/α-hetero) is 1. The first-order chi connectivity index (χ1) is 21.0. The Bertz CT molecular complexity index is 1750. The number of carbonyl (C=O) groups is 2. The number of rotatable bonds is 7. The number of anilines is 2. The van der Waals surface area contributed by atoms with Gasteiger partial charge in [-0.15, -0.1) is 0 Å². The van der Waals surface area contributed by atoms with E-state index >= 15 is 0 Å². The normalized spacial score (nSPS) is 17.8. The number of aromatic amines is 1. The summed E-state index contributed by atoms with van der Waals surface area (Å²) in [4.78, 5) is 35.4. The molecule has 1 aliphatic heterocycles. The highest BCUT2D eigenvalue weighted by molar-refractivity contribution is 6.00. The molecule has 6 N–H and O–H groups in total. The van der Waals surface area contributed by atoms with Crippen molar-refractivity contribution in [3.8, 4) is 11.1 Å². The molecule has 5 heterocycles. The molecule has 45 heavy (non-hydrogen) atoms. The number of hydrogen-bond donors (Lipinski definition) is 4. The van der Waals surface area contributed by atoms with Crippen molar-refractivity contribution in [1.82, 2.24) is 34.7 Å². The topological polar surface area (TPSA) is 181 Å². The van der Waals surface area contributed by atoms with Gasteiger partial charge in [0.15, 0.2) is 11.4 Å². The van der Waals surface area contributed by atoms with Crippen molar-refractivity contribution in [2.24, 2.45) is 0 Å². The van der Waals surface area contributed by atoms with Crippen molar-refractivity contribution < 1.29 is 41.0 Å². The minimum absolute atomic E-state index is 0.0223. The fraction of sp³-hybridized carbons (Fsp3) is 0.407. The highest BCUT2D eigenvalue weighted by Crippen LogP contribution is 2.49. The van der Waals surface area contributed by atoms with Gasteiger partial charge in [-0.1, -0.05) is 6.07 Å². The number of ketones is 1. The van der Waals surface area contributed by atoms with Crippen LogP contribution in [0.1, 0.15) is 65.3 Å². The van der Waals surface area contributed by atoms with Crippen LogP contribution in [0.3, 0.4) is 0 Å². The van der Waals surface area contributed by atoms with Gasteiger partial charge in [-0.05, 0) is 45.6 Å². The van der Waals surface area contributed by atoms with Gasteiger partial charge in [-0.2, -0.15) is 41.1 Å². The van der Waals surface area contributed by atoms with E-state index in [4.69, 9.17) is 11.5 Å². The van der Waals surface area contributed by atoms with E-state index in [1.54, 1.807) is 4.90 Å². The summed E-state index contributed by atoms with van der Waals surface area (Å²) in [7, 11) is 0. The van der Waals surface area contributed by atoms with Crippen LogP contribution in [-0.2, 0) is 12.0 Å². The molecular formula is C27H27F6N9O3. The lowest BCUT2D eigenvalue weighted by atomic mass is 9.96. The molecule has 0 spiro atoms. The average Bonchev–Trinajstić information content (AvgIpc) is 3.68. The van der Waals surface area contributed by atoms with Crippen molar-refractivity contribution in [3.05, 3.63) is 53.2 Å². The number of nitrogen functional groups attached to an aromatic ring is 2. The van der Waals surface area contributed by atoms with Crippen molar-refractivity contribution in [2.45, 2.75) is 69.6 Å². The average molecular weight is 640 g/mol. The summed E-state index contributed by atoms with van der Waals surface area (Å²) in [6.07, 6.45) is -8.29. The van der Waals surface area contributed by atoms with Crippen LogP contribution in [0.25, 0.3) is 16.8 Å². The van der Waals surface area contributed by atoms with E-state index in [2.05, 4.69) is 25.3 Å². The van der Waals surface area contributed by atoms with E-state index in [0.717, 1.165) is 23.2 Å². The van der Waals surface area contributed by atoms with Gasteiger partial charge < -0.3 is 21.5 Å². The number of likely N-dealkylation sites (tertiary alicyclic amines) is 1. The van der Waals surface area contributed by atoms with Gasteiger partial charge in [0.2, 0.25) is 0 Å². The van der Waals surface area contributed by atoms with Gasteiger partial charge in [-0.25, -0.2) is 4.98 Å². The van der Waals surface area contributed by atoms with Crippen LogP contribution in [-0.4, -0.2) is 75.9 Å². The van der Waals surface area contributed by atoms with Crippen LogP contribution in [0.2, 0.25) is 0 Å². The predicted molar refractivity (Wildman–Crippen MR) is 147 cm³/mol. The maximum absolute atomic E-state index is 13.3. The molecule has 0 saturated carbocycles. The Balaban J connectivity index is 1.49. The first kappa shape index (κ1) is 31.7. The van der Waals surface area contributed by atoms with Gasteiger partial charge in [0.05, 0.1) is 23.1 Å². The van der Waals surface area contributed by atoms with E-state index < -0.39 is 29.4 Å². The molecule has 0 bridgehead atoms. The second kappa shape index (κ2) is 11.0. The molecule has 18 heteroatoms. The van der Waals surface area contributed by atoms with Crippen LogP contribution >= 0.6 is 0 Å². The highest BCUT2D eigenvalue weighted by Gasteiger charge is 2.72. The van der Waals surface area contributed by atoms with Crippen molar-refractivity contribution in [2.75, 3.05) is 11.5 Å². The fourth-order valence-electron chi connectivity index (χ4n) is 5.66. The van der Waals surface area contributed by atoms with Gasteiger partial charge in [0.1, 0.15) is 17.3 Å². The first-order valence-electron chi connectivity index (χ1n) is 13.6. The number of nitrogens with one attached hydrogen (secondary N) is 1. The number of carbonyl (C=O) groups excluding carboxylic acids is 2. The zero-order chi connectivity index (χ0) is 33.1. The predicted octanol–water partition coefficient (Wildman–Crippen LogP) is 3.82. The number of hydrogen-bond acceptors (Lipinski definition) is 9. The van der Waals surface area contributed by atoms with Gasteiger partial charge in [0, 0.05) is 35.5 Å². The monoisotopic (exact) mass is 639 g/mol. The number of aromatic nitrogens is 6. The fourth-order valence-corrected chi connectivity index (χ4v) is 5.66. The Morgan fingerprint density at radius 3 is 2.33 bits per heavy atom. The van der Waals surface area contributed by atoms with Gasteiger partial charge in [-0.3, -0.25) is 19.7 Å². The third kappa shape index (κ3) is 5.32. The van der Waals surface area contributed by atoms with E-state index in [9.17, 15) is 41.0 Å². The van der Waals surface area contributed by atoms with Crippen molar-refractivity contribution in [3.63, 3.8) is 0 Å². The van der Waals surface area contributed by atoms with Gasteiger partial charge in [0.25, 0.3) is 11.5 Å². The quantitative estimate of drug-likeness (QED) is 0.173. The molecule has 1 fully saturated rings. The van der Waals surface area contributed by atoms with E-state index in [1.165, 1.54) is 19.2 Å². The molecule has 0 aliphatic carbocycles. The molecule has 2 atom stereocenters. The molecule has 5 rings (SSSR count). The van der Waals surface area contributed by atoms with Crippen LogP contribution in [0, 0.1) is 0 Å². The number of nitrogens with two attached hydrogens (primary N) is 2. The molecule has 0 aromatic carbocycles. The summed E-state index contributed by atoms with van der Waals surface area (Å²) in [5.74, 6) is -0.624. The Morgan fingerprint density at radius 1 is 1.09 bits per heavy atom. The van der Waals surface area contributed by atoms with Crippen LogP contribution in [0.15, 0.2) is 30.6 Å². The van der Waals surface area contributed by atoms with Crippen LogP contribution in [0.4, 0.5) is 38.0 Å². The summed E-state index contributed by atoms with van der Waals surface area (Å²) in [6.45, 7) is 3.19. The number of halogens is 6. The van der Waals surface area contributed by atoms with E-state index in [1.807, 2.05) is 6.92 Å². The number of nitrogens with zero attached hydrogens (tertiary/aromatic N) is 6. The summed E-state index contributed by atoms with van der Waals surface area (Å²) in [5.41, 5.74) is 5.89. The molecule has 4 aromatic rings. The third-order valence-corrected chi connectivity index (χ3v) is 7.94. The van der Waals surface area contributed by atoms with Crippen LogP contribution in [0.5, 0.6) is 0 Å². The lowest BCUT2D eigenvalue weighted by Gasteiger charge is -2.31. The second-order valence-corrected chi connectivity index (χ2v) is 10.8. The lowest BCUT2D eigenvalue weighted by molar-refractivity contribution is -0.377. The SMILES string of the molecule is CC(=O)c1c(CC[C@H]2CC[C@@H](C)N2C(=O)c2cc(N)n[nH]2)nc2c(-c3ccc(C(O)(C(F)(F)F)C(F)(F)F)nc3)cnn2c1N. The second-order valence-electron chi connectivity index (χ2n) is 10.8. The van der Waals surface area contributed by atoms with E-state index in [0.29, 0.717) is 18.9 Å². The summed E-state index contributed by atoms with van der Waals surface area (Å²) in [6, 6.07) is 2.42. The maximum Gasteiger partial charge on any atom is 0.432 e. The summed E-state index contributed by atoms with van der Waals surface area (Å²) < 4.78 is 81.0. The summed E-state index contributed by atoms with van der Waals surface area (Å²) >= 11 is 0. The number of amides is 1. The third-order valence-electron chi connectivity index (χ3n) is 7.94. The highest BCUT2D eigenvalue weighted by atomic mass is 19.4. The zero-order valence-corrected chi connectivity index (χ0v) is 23.7. The number of aryl methyl sites for hydroxylation is 1. The molecule has 1 amide bonds. The molecule has 1 saturated heterocycles. The van der Waals surface area contributed by atoms with E-state index in [-0.39, 0.29) is 69.8 Å². The number of H-pyrrole nitrogens is 1. The van der Waals surface area contributed by atoms with Gasteiger partial charge >= 0.3 is 12.4 Å². The Hall–Kier alpha value is -4.74. The molecule has 240 valence electrons. The number of fused-ring (bicyclic) bond motifs is 1. The standard InChI is InChI=1S/C27H27F6N9O3/c1-12-3-5-15(41(12)24(44)18-9-20(34)40-39-18)6-7-17-21(13(2)43)22(35)42-23(38-17)16(11-37-42)14-4-8-19(36-10-14)25(45,26(28,29)30)27(31,32)33/h4,8-12,15,45H,3,5-7,35H2,1-2H3,(H3,34,39,40)/t12-,15-/m1/s1. The lowest BCUT2D eigenvalue weighted by Crippen LogP contribution is -2.54. The molecule has 0 unspecified atom stereocenters. The Labute approximate surface area is 250 Å². The maximum atomic E-state index is 13.3. The number of alkyl halides is 6. The molecule has 12 nitrogen and oxygen atoms in total. The Morgan fingerprint density at radius 2 is 1.78 bits per heavy atom. The largest absolute Gasteiger partial charge is 0.432 e. The molecule has 1 aliphatic rings. The number of aliphatic hydroxyl groups is 1. The van der Waals surface area contributed by atoms with Crippen LogP contribution < -0.4 is 11.5 Å². The smallest absolute Gasteiger partial charge is 0.383 e. The Kier molecular flexibility index (Phi) is 7.75. The molecule has 4 aromatic heterocycles. The zero-order valence-electron chi connectivity index (χ0n) is 23.7. The van der Waals surface area contributed by atoms with Crippen molar-refractivity contribution >= 4 is 29.0 Å². The van der Waals surface area contributed by atoms with Crippen molar-refractivity contribution in [1.29, 1.82) is 0 Å². The number of pyridine rings is 1. The minimum Gasteiger partial charge on any atom is -0.383 e. The first-order valence-corrected chi connectivity index (χ1v) is 13.6. The minimum atomic E-state index is -6.10.